The maximum atomic E-state index is 13.4. The van der Waals surface area contributed by atoms with Gasteiger partial charge in [-0.15, -0.1) is 0 Å². The molecule has 3 rings (SSSR count). The quantitative estimate of drug-likeness (QED) is 0.911. The lowest BCUT2D eigenvalue weighted by atomic mass is 10.1. The highest BCUT2D eigenvalue weighted by Gasteiger charge is 2.32. The first-order valence-corrected chi connectivity index (χ1v) is 7.19. The van der Waals surface area contributed by atoms with Crippen molar-refractivity contribution in [1.82, 2.24) is 15.0 Å². The molecule has 0 aliphatic carbocycles. The molecule has 1 fully saturated rings. The summed E-state index contributed by atoms with van der Waals surface area (Å²) in [7, 11) is 0. The van der Waals surface area contributed by atoms with E-state index in [0.29, 0.717) is 31.1 Å². The number of benzene rings is 1. The van der Waals surface area contributed by atoms with Crippen molar-refractivity contribution in [1.29, 1.82) is 0 Å². The van der Waals surface area contributed by atoms with Gasteiger partial charge in [-0.25, -0.2) is 8.78 Å². The number of aliphatic hydroxyl groups is 1. The molecule has 1 aromatic heterocycles. The Kier molecular flexibility index (Phi) is 4.44. The third-order valence-electron chi connectivity index (χ3n) is 3.79. The van der Waals surface area contributed by atoms with Crippen LogP contribution in [0.5, 0.6) is 0 Å². The maximum Gasteiger partial charge on any atom is 0.240 e. The van der Waals surface area contributed by atoms with E-state index in [0.717, 1.165) is 5.56 Å². The van der Waals surface area contributed by atoms with E-state index in [1.807, 2.05) is 0 Å². The molecule has 0 unspecified atom stereocenters. The summed E-state index contributed by atoms with van der Waals surface area (Å²) in [6.45, 7) is 0.472. The van der Waals surface area contributed by atoms with Crippen molar-refractivity contribution in [2.45, 2.75) is 31.6 Å². The van der Waals surface area contributed by atoms with E-state index in [1.165, 1.54) is 12.1 Å². The Bertz CT molecular complexity index is 635. The van der Waals surface area contributed by atoms with E-state index < -0.39 is 6.17 Å². The van der Waals surface area contributed by atoms with Gasteiger partial charge in [0.2, 0.25) is 5.89 Å². The van der Waals surface area contributed by atoms with Gasteiger partial charge in [0.15, 0.2) is 5.82 Å². The van der Waals surface area contributed by atoms with Crippen LogP contribution in [0.25, 0.3) is 0 Å². The fourth-order valence-electron chi connectivity index (χ4n) is 2.74. The minimum Gasteiger partial charge on any atom is -0.395 e. The van der Waals surface area contributed by atoms with Crippen LogP contribution in [0, 0.1) is 5.82 Å². The molecule has 2 atom stereocenters. The van der Waals surface area contributed by atoms with Gasteiger partial charge in [0.05, 0.1) is 13.2 Å². The zero-order valence-electron chi connectivity index (χ0n) is 12.0. The van der Waals surface area contributed by atoms with Gasteiger partial charge in [0.25, 0.3) is 0 Å². The molecular weight excluding hydrogens is 292 g/mol. The lowest BCUT2D eigenvalue weighted by Gasteiger charge is -2.19. The van der Waals surface area contributed by atoms with Crippen molar-refractivity contribution < 1.29 is 18.4 Å². The zero-order chi connectivity index (χ0) is 15.5. The van der Waals surface area contributed by atoms with Crippen molar-refractivity contribution >= 4 is 0 Å². The summed E-state index contributed by atoms with van der Waals surface area (Å²) < 4.78 is 31.7. The lowest BCUT2D eigenvalue weighted by Crippen LogP contribution is -2.31. The number of nitrogens with zero attached hydrogens (tertiary/aromatic N) is 3. The van der Waals surface area contributed by atoms with Gasteiger partial charge in [-0.3, -0.25) is 4.90 Å². The van der Waals surface area contributed by atoms with Crippen LogP contribution in [0.4, 0.5) is 8.78 Å². The number of hydrogen-bond acceptors (Lipinski definition) is 5. The highest BCUT2D eigenvalue weighted by Crippen LogP contribution is 2.22. The Morgan fingerprint density at radius 1 is 1.41 bits per heavy atom. The predicted molar refractivity (Wildman–Crippen MR) is 74.3 cm³/mol. The van der Waals surface area contributed by atoms with Crippen molar-refractivity contribution in [2.24, 2.45) is 0 Å². The summed E-state index contributed by atoms with van der Waals surface area (Å²) in [6.07, 6.45) is -0.246. The molecule has 118 valence electrons. The number of alkyl halides is 1. The number of aliphatic hydroxyl groups excluding tert-OH is 1. The van der Waals surface area contributed by atoms with Crippen molar-refractivity contribution in [3.8, 4) is 0 Å². The predicted octanol–water partition coefficient (Wildman–Crippen LogP) is 1.70. The summed E-state index contributed by atoms with van der Waals surface area (Å²) in [5.74, 6) is 0.522. The third-order valence-corrected chi connectivity index (χ3v) is 3.79. The molecule has 7 heteroatoms. The molecular formula is C15H17F2N3O2. The average molecular weight is 309 g/mol. The molecule has 2 aromatic rings. The van der Waals surface area contributed by atoms with Crippen LogP contribution in [-0.4, -0.2) is 45.5 Å². The molecule has 0 spiro atoms. The van der Waals surface area contributed by atoms with Gasteiger partial charge in [-0.1, -0.05) is 17.3 Å². The van der Waals surface area contributed by atoms with Crippen LogP contribution < -0.4 is 0 Å². The van der Waals surface area contributed by atoms with Gasteiger partial charge >= 0.3 is 0 Å². The summed E-state index contributed by atoms with van der Waals surface area (Å²) in [5.41, 5.74) is 0.755. The van der Waals surface area contributed by atoms with E-state index in [2.05, 4.69) is 10.1 Å². The number of halogens is 2. The van der Waals surface area contributed by atoms with Gasteiger partial charge in [0.1, 0.15) is 12.0 Å². The van der Waals surface area contributed by atoms with Crippen molar-refractivity contribution in [2.75, 3.05) is 13.2 Å². The molecule has 0 bridgehead atoms. The van der Waals surface area contributed by atoms with Gasteiger partial charge in [-0.05, 0) is 24.1 Å². The van der Waals surface area contributed by atoms with Crippen LogP contribution in [-0.2, 0) is 13.0 Å². The summed E-state index contributed by atoms with van der Waals surface area (Å²) in [5, 5.41) is 13.1. The zero-order valence-corrected chi connectivity index (χ0v) is 12.0. The topological polar surface area (TPSA) is 62.4 Å². The molecule has 1 aromatic carbocycles. The molecule has 0 radical (unpaired) electrons. The van der Waals surface area contributed by atoms with Crippen LogP contribution in [0.15, 0.2) is 28.8 Å². The summed E-state index contributed by atoms with van der Waals surface area (Å²) in [4.78, 5) is 6.04. The highest BCUT2D eigenvalue weighted by atomic mass is 19.1. The summed E-state index contributed by atoms with van der Waals surface area (Å²) >= 11 is 0. The van der Waals surface area contributed by atoms with Crippen LogP contribution in [0.1, 0.15) is 23.7 Å². The maximum absolute atomic E-state index is 13.4. The second-order valence-corrected chi connectivity index (χ2v) is 5.51. The summed E-state index contributed by atoms with van der Waals surface area (Å²) in [6, 6.07) is 6.00. The first kappa shape index (κ1) is 15.1. The molecule has 0 amide bonds. The van der Waals surface area contributed by atoms with Crippen molar-refractivity contribution in [3.63, 3.8) is 0 Å². The first-order valence-electron chi connectivity index (χ1n) is 7.19. The number of aromatic nitrogens is 2. The van der Waals surface area contributed by atoms with E-state index in [-0.39, 0.29) is 25.0 Å². The lowest BCUT2D eigenvalue weighted by molar-refractivity contribution is 0.140. The van der Waals surface area contributed by atoms with E-state index in [1.54, 1.807) is 17.0 Å². The van der Waals surface area contributed by atoms with Gasteiger partial charge in [-0.2, -0.15) is 4.98 Å². The molecule has 2 heterocycles. The molecule has 22 heavy (non-hydrogen) atoms. The normalized spacial score (nSPS) is 22.3. The Morgan fingerprint density at radius 2 is 2.27 bits per heavy atom. The molecule has 5 nitrogen and oxygen atoms in total. The van der Waals surface area contributed by atoms with E-state index >= 15 is 0 Å². The Hall–Kier alpha value is -1.86. The van der Waals surface area contributed by atoms with Crippen molar-refractivity contribution in [3.05, 3.63) is 47.4 Å². The molecule has 1 saturated heterocycles. The minimum absolute atomic E-state index is 0.0926. The first-order chi connectivity index (χ1) is 10.6. The standard InChI is InChI=1S/C15H17F2N3O2/c16-11-3-1-2-10(4-11)5-14-18-15(22-19-14)8-20-7-12(17)6-13(20)9-21/h1-4,12-13,21H,5-9H2/t12-,13-/m0/s1. The highest BCUT2D eigenvalue weighted by molar-refractivity contribution is 5.19. The number of likely N-dealkylation sites (tertiary alicyclic amines) is 1. The van der Waals surface area contributed by atoms with Gasteiger partial charge in [0, 0.05) is 19.0 Å². The Balaban J connectivity index is 1.64. The largest absolute Gasteiger partial charge is 0.395 e. The second-order valence-electron chi connectivity index (χ2n) is 5.51. The fraction of sp³-hybridized carbons (Fsp3) is 0.467. The monoisotopic (exact) mass is 309 g/mol. The minimum atomic E-state index is -0.938. The molecule has 1 N–H and O–H groups in total. The van der Waals surface area contributed by atoms with E-state index in [9.17, 15) is 13.9 Å². The smallest absolute Gasteiger partial charge is 0.240 e. The molecule has 1 aliphatic heterocycles. The third kappa shape index (κ3) is 3.48. The van der Waals surface area contributed by atoms with E-state index in [4.69, 9.17) is 4.52 Å². The molecule has 0 saturated carbocycles. The van der Waals surface area contributed by atoms with Crippen LogP contribution >= 0.6 is 0 Å². The fourth-order valence-corrected chi connectivity index (χ4v) is 2.74. The Morgan fingerprint density at radius 3 is 3.05 bits per heavy atom. The average Bonchev–Trinajstić information content (AvgIpc) is 3.06. The SMILES string of the molecule is OC[C@@H]1C[C@H](F)CN1Cc1nc(Cc2cccc(F)c2)no1. The molecule has 1 aliphatic rings. The van der Waals surface area contributed by atoms with Gasteiger partial charge < -0.3 is 9.63 Å². The Labute approximate surface area is 126 Å². The number of rotatable bonds is 5. The second kappa shape index (κ2) is 6.50. The van der Waals surface area contributed by atoms with Crippen LogP contribution in [0.3, 0.4) is 0 Å². The van der Waals surface area contributed by atoms with Crippen LogP contribution in [0.2, 0.25) is 0 Å². The number of hydrogen-bond donors (Lipinski definition) is 1.